The van der Waals surface area contributed by atoms with Gasteiger partial charge in [0, 0.05) is 36.7 Å². The summed E-state index contributed by atoms with van der Waals surface area (Å²) in [5, 5.41) is 6.23. The molecule has 0 saturated carbocycles. The van der Waals surface area contributed by atoms with Gasteiger partial charge in [0.1, 0.15) is 5.15 Å². The summed E-state index contributed by atoms with van der Waals surface area (Å²) in [7, 11) is 0. The number of rotatable bonds is 6. The van der Waals surface area contributed by atoms with Crippen LogP contribution in [0.25, 0.3) is 22.2 Å². The third-order valence-electron chi connectivity index (χ3n) is 5.96. The molecule has 2 aliphatic heterocycles. The molecule has 0 radical (unpaired) electrons. The standard InChI is InChI=1S/C22H27ClN6O/c23-21-15-19(25-22(26-21)28-10-12-30-13-11-28)17-4-5-18-16-24-29(20(18)14-17)9-3-8-27-6-1-2-7-27/h4-5,14-16H,1-3,6-13H2. The van der Waals surface area contributed by atoms with Gasteiger partial charge in [0.2, 0.25) is 5.95 Å². The van der Waals surface area contributed by atoms with E-state index >= 15 is 0 Å². The largest absolute Gasteiger partial charge is 0.378 e. The Kier molecular flexibility index (Phi) is 5.84. The monoisotopic (exact) mass is 426 g/mol. The Balaban J connectivity index is 1.38. The van der Waals surface area contributed by atoms with Crippen LogP contribution < -0.4 is 4.90 Å². The second-order valence-corrected chi connectivity index (χ2v) is 8.41. The molecule has 2 fully saturated rings. The molecule has 4 heterocycles. The lowest BCUT2D eigenvalue weighted by Crippen LogP contribution is -2.37. The number of hydrogen-bond donors (Lipinski definition) is 0. The van der Waals surface area contributed by atoms with Gasteiger partial charge in [-0.25, -0.2) is 9.97 Å². The van der Waals surface area contributed by atoms with Crippen molar-refractivity contribution in [3.05, 3.63) is 35.6 Å². The summed E-state index contributed by atoms with van der Waals surface area (Å²) < 4.78 is 7.55. The van der Waals surface area contributed by atoms with Gasteiger partial charge in [-0.15, -0.1) is 0 Å². The van der Waals surface area contributed by atoms with Crippen molar-refractivity contribution in [2.24, 2.45) is 0 Å². The molecular formula is C22H27ClN6O. The van der Waals surface area contributed by atoms with E-state index in [1.807, 2.05) is 12.3 Å². The van der Waals surface area contributed by atoms with Crippen LogP contribution in [0.4, 0.5) is 5.95 Å². The topological polar surface area (TPSA) is 59.3 Å². The van der Waals surface area contributed by atoms with Gasteiger partial charge in [0.15, 0.2) is 0 Å². The molecule has 8 heteroatoms. The maximum atomic E-state index is 6.35. The Morgan fingerprint density at radius 2 is 1.80 bits per heavy atom. The molecule has 0 atom stereocenters. The first-order valence-corrected chi connectivity index (χ1v) is 11.2. The maximum absolute atomic E-state index is 6.35. The Labute approximate surface area is 181 Å². The van der Waals surface area contributed by atoms with Crippen molar-refractivity contribution in [1.82, 2.24) is 24.6 Å². The van der Waals surface area contributed by atoms with E-state index in [4.69, 9.17) is 21.3 Å². The molecule has 30 heavy (non-hydrogen) atoms. The summed E-state index contributed by atoms with van der Waals surface area (Å²) >= 11 is 6.35. The number of morpholine rings is 1. The minimum Gasteiger partial charge on any atom is -0.378 e. The highest BCUT2D eigenvalue weighted by Gasteiger charge is 2.17. The van der Waals surface area contributed by atoms with Crippen molar-refractivity contribution in [3.8, 4) is 11.3 Å². The SMILES string of the molecule is Clc1cc(-c2ccc3cnn(CCCN4CCCC4)c3c2)nc(N2CCOCC2)n1. The zero-order valence-electron chi connectivity index (χ0n) is 17.1. The van der Waals surface area contributed by atoms with Crippen molar-refractivity contribution in [2.45, 2.75) is 25.8 Å². The summed E-state index contributed by atoms with van der Waals surface area (Å²) in [6.07, 6.45) is 5.73. The predicted octanol–water partition coefficient (Wildman–Crippen LogP) is 3.47. The summed E-state index contributed by atoms with van der Waals surface area (Å²) in [5.74, 6) is 0.667. The summed E-state index contributed by atoms with van der Waals surface area (Å²) in [6, 6.07) is 8.19. The molecule has 0 bridgehead atoms. The fourth-order valence-corrected chi connectivity index (χ4v) is 4.50. The molecule has 158 valence electrons. The second-order valence-electron chi connectivity index (χ2n) is 8.02. The van der Waals surface area contributed by atoms with Crippen molar-refractivity contribution in [1.29, 1.82) is 0 Å². The van der Waals surface area contributed by atoms with E-state index in [9.17, 15) is 0 Å². The van der Waals surface area contributed by atoms with Gasteiger partial charge in [-0.1, -0.05) is 23.7 Å². The molecule has 0 N–H and O–H groups in total. The number of nitrogens with zero attached hydrogens (tertiary/aromatic N) is 6. The van der Waals surface area contributed by atoms with Crippen LogP contribution in [0.1, 0.15) is 19.3 Å². The zero-order valence-corrected chi connectivity index (χ0v) is 17.9. The first kappa shape index (κ1) is 19.7. The third-order valence-corrected chi connectivity index (χ3v) is 6.15. The van der Waals surface area contributed by atoms with Crippen molar-refractivity contribution < 1.29 is 4.74 Å². The Hall–Kier alpha value is -2.22. The normalized spacial score (nSPS) is 17.8. The Morgan fingerprint density at radius 3 is 2.63 bits per heavy atom. The fraction of sp³-hybridized carbons (Fsp3) is 0.500. The smallest absolute Gasteiger partial charge is 0.227 e. The average Bonchev–Trinajstić information content (AvgIpc) is 3.44. The van der Waals surface area contributed by atoms with Gasteiger partial charge < -0.3 is 14.5 Å². The zero-order chi connectivity index (χ0) is 20.3. The van der Waals surface area contributed by atoms with E-state index in [0.29, 0.717) is 24.3 Å². The van der Waals surface area contributed by atoms with E-state index in [1.54, 1.807) is 0 Å². The van der Waals surface area contributed by atoms with Gasteiger partial charge in [-0.05, 0) is 45.0 Å². The number of benzene rings is 1. The molecule has 0 aliphatic carbocycles. The van der Waals surface area contributed by atoms with Crippen LogP contribution in [0.15, 0.2) is 30.5 Å². The quantitative estimate of drug-likeness (QED) is 0.562. The van der Waals surface area contributed by atoms with Gasteiger partial charge in [0.25, 0.3) is 0 Å². The van der Waals surface area contributed by atoms with Crippen molar-refractivity contribution >= 4 is 28.5 Å². The number of anilines is 1. The highest BCUT2D eigenvalue weighted by molar-refractivity contribution is 6.29. The molecule has 2 saturated heterocycles. The number of likely N-dealkylation sites (tertiary alicyclic amines) is 1. The summed E-state index contributed by atoms with van der Waals surface area (Å²) in [6.45, 7) is 7.49. The van der Waals surface area contributed by atoms with Crippen molar-refractivity contribution in [2.75, 3.05) is 50.8 Å². The van der Waals surface area contributed by atoms with Gasteiger partial charge in [0.05, 0.1) is 30.6 Å². The van der Waals surface area contributed by atoms with E-state index in [1.165, 1.54) is 25.9 Å². The van der Waals surface area contributed by atoms with E-state index in [0.717, 1.165) is 54.8 Å². The van der Waals surface area contributed by atoms with Gasteiger partial charge >= 0.3 is 0 Å². The molecule has 2 aliphatic rings. The minimum absolute atomic E-state index is 0.459. The lowest BCUT2D eigenvalue weighted by atomic mass is 10.1. The van der Waals surface area contributed by atoms with E-state index < -0.39 is 0 Å². The third kappa shape index (κ3) is 4.29. The van der Waals surface area contributed by atoms with Crippen LogP contribution in [0, 0.1) is 0 Å². The molecule has 1 aromatic carbocycles. The van der Waals surface area contributed by atoms with Crippen LogP contribution >= 0.6 is 11.6 Å². The number of aryl methyl sites for hydroxylation is 1. The van der Waals surface area contributed by atoms with Crippen LogP contribution in [0.3, 0.4) is 0 Å². The van der Waals surface area contributed by atoms with Crippen molar-refractivity contribution in [3.63, 3.8) is 0 Å². The highest BCUT2D eigenvalue weighted by Crippen LogP contribution is 2.27. The first-order valence-electron chi connectivity index (χ1n) is 10.8. The molecule has 0 unspecified atom stereocenters. The number of hydrogen-bond acceptors (Lipinski definition) is 6. The molecule has 7 nitrogen and oxygen atoms in total. The van der Waals surface area contributed by atoms with Crippen LogP contribution in [-0.2, 0) is 11.3 Å². The molecular weight excluding hydrogens is 400 g/mol. The minimum atomic E-state index is 0.459. The molecule has 3 aromatic rings. The predicted molar refractivity (Wildman–Crippen MR) is 119 cm³/mol. The fourth-order valence-electron chi connectivity index (χ4n) is 4.32. The summed E-state index contributed by atoms with van der Waals surface area (Å²) in [5.41, 5.74) is 3.00. The Morgan fingerprint density at radius 1 is 0.967 bits per heavy atom. The lowest BCUT2D eigenvalue weighted by molar-refractivity contribution is 0.122. The maximum Gasteiger partial charge on any atom is 0.227 e. The Bertz CT molecular complexity index is 1010. The number of ether oxygens (including phenoxy) is 1. The van der Waals surface area contributed by atoms with Crippen LogP contribution in [0.5, 0.6) is 0 Å². The second kappa shape index (κ2) is 8.88. The number of halogens is 1. The van der Waals surface area contributed by atoms with E-state index in [-0.39, 0.29) is 0 Å². The van der Waals surface area contributed by atoms with Gasteiger partial charge in [-0.3, -0.25) is 4.68 Å². The lowest BCUT2D eigenvalue weighted by Gasteiger charge is -2.27. The molecule has 5 rings (SSSR count). The summed E-state index contributed by atoms with van der Waals surface area (Å²) in [4.78, 5) is 13.9. The van der Waals surface area contributed by atoms with E-state index in [2.05, 4.69) is 42.8 Å². The number of fused-ring (bicyclic) bond motifs is 1. The molecule has 0 spiro atoms. The van der Waals surface area contributed by atoms with Crippen LogP contribution in [0.2, 0.25) is 5.15 Å². The highest BCUT2D eigenvalue weighted by atomic mass is 35.5. The molecule has 0 amide bonds. The molecule has 2 aromatic heterocycles. The van der Waals surface area contributed by atoms with Gasteiger partial charge in [-0.2, -0.15) is 5.10 Å². The van der Waals surface area contributed by atoms with Crippen LogP contribution in [-0.4, -0.2) is 70.6 Å². The average molecular weight is 427 g/mol. The first-order chi connectivity index (χ1) is 14.8. The number of aromatic nitrogens is 4.